The summed E-state index contributed by atoms with van der Waals surface area (Å²) in [6, 6.07) is 1.39. The maximum absolute atomic E-state index is 12.3. The van der Waals surface area contributed by atoms with Gasteiger partial charge in [-0.15, -0.1) is 0 Å². The van der Waals surface area contributed by atoms with Gasteiger partial charge in [-0.2, -0.15) is 5.26 Å². The Bertz CT molecular complexity index is 473. The summed E-state index contributed by atoms with van der Waals surface area (Å²) in [7, 11) is 0. The Morgan fingerprint density at radius 2 is 2.05 bits per heavy atom. The molecule has 0 aromatic heterocycles. The Morgan fingerprint density at radius 3 is 2.68 bits per heavy atom. The molecule has 2 amide bonds. The average molecular weight is 303 g/mol. The molecule has 2 rings (SSSR count). The molecule has 0 radical (unpaired) electrons. The van der Waals surface area contributed by atoms with Crippen molar-refractivity contribution in [1.29, 1.82) is 5.26 Å². The van der Waals surface area contributed by atoms with E-state index < -0.39 is 6.04 Å². The number of nitriles is 1. The smallest absolute Gasteiger partial charge is 0.247 e. The van der Waals surface area contributed by atoms with Crippen molar-refractivity contribution in [2.75, 3.05) is 6.54 Å². The van der Waals surface area contributed by atoms with Crippen LogP contribution >= 0.6 is 0 Å². The summed E-state index contributed by atoms with van der Waals surface area (Å²) in [5, 5.41) is 14.1. The monoisotopic (exact) mass is 303 g/mol. The lowest BCUT2D eigenvalue weighted by Gasteiger charge is -2.26. The van der Waals surface area contributed by atoms with E-state index in [9.17, 15) is 9.59 Å². The summed E-state index contributed by atoms with van der Waals surface area (Å²) < 4.78 is 0. The second-order valence-electron chi connectivity index (χ2n) is 6.26. The van der Waals surface area contributed by atoms with Crippen molar-refractivity contribution in [3.05, 3.63) is 11.6 Å². The van der Waals surface area contributed by atoms with Gasteiger partial charge in [0.15, 0.2) is 0 Å². The molecule has 0 bridgehead atoms. The van der Waals surface area contributed by atoms with E-state index in [2.05, 4.69) is 10.6 Å². The van der Waals surface area contributed by atoms with Crippen molar-refractivity contribution in [2.45, 2.75) is 63.8 Å². The third-order valence-electron chi connectivity index (χ3n) is 4.59. The Hall–Kier alpha value is -1.83. The number of carbonyl (C=O) groups is 2. The van der Waals surface area contributed by atoms with Crippen molar-refractivity contribution < 1.29 is 9.59 Å². The average Bonchev–Trinajstić information content (AvgIpc) is 3.07. The first-order valence-corrected chi connectivity index (χ1v) is 8.35. The third-order valence-corrected chi connectivity index (χ3v) is 4.59. The molecule has 1 fully saturated rings. The van der Waals surface area contributed by atoms with E-state index in [0.29, 0.717) is 12.3 Å². The quantitative estimate of drug-likeness (QED) is 0.738. The van der Waals surface area contributed by atoms with Crippen LogP contribution in [0.5, 0.6) is 0 Å². The van der Waals surface area contributed by atoms with Gasteiger partial charge in [0.2, 0.25) is 11.8 Å². The fraction of sp³-hybridized carbons (Fsp3) is 0.706. The van der Waals surface area contributed by atoms with Crippen LogP contribution in [0, 0.1) is 17.2 Å². The summed E-state index contributed by atoms with van der Waals surface area (Å²) in [5.74, 6) is 0.133. The maximum Gasteiger partial charge on any atom is 0.247 e. The largest absolute Gasteiger partial charge is 0.341 e. The van der Waals surface area contributed by atoms with Crippen molar-refractivity contribution in [3.8, 4) is 6.07 Å². The van der Waals surface area contributed by atoms with Crippen LogP contribution in [-0.4, -0.2) is 24.4 Å². The van der Waals surface area contributed by atoms with Crippen molar-refractivity contribution in [1.82, 2.24) is 10.6 Å². The summed E-state index contributed by atoms with van der Waals surface area (Å²) in [5.41, 5.74) is 0.793. The first kappa shape index (κ1) is 16.5. The van der Waals surface area contributed by atoms with E-state index in [-0.39, 0.29) is 18.4 Å². The topological polar surface area (TPSA) is 82.0 Å². The van der Waals surface area contributed by atoms with E-state index in [1.165, 1.54) is 19.3 Å². The third kappa shape index (κ3) is 4.87. The molecule has 0 spiro atoms. The summed E-state index contributed by atoms with van der Waals surface area (Å²) in [6.45, 7) is -0.0153. The van der Waals surface area contributed by atoms with Gasteiger partial charge in [0.25, 0.3) is 0 Å². The fourth-order valence-electron chi connectivity index (χ4n) is 3.37. The minimum absolute atomic E-state index is 0.0153. The van der Waals surface area contributed by atoms with Crippen LogP contribution in [0.3, 0.4) is 0 Å². The molecule has 2 aliphatic carbocycles. The molecule has 120 valence electrons. The molecule has 0 unspecified atom stereocenters. The van der Waals surface area contributed by atoms with Crippen LogP contribution in [0.15, 0.2) is 11.6 Å². The summed E-state index contributed by atoms with van der Waals surface area (Å²) in [6.07, 6.45) is 11.3. The minimum Gasteiger partial charge on any atom is -0.341 e. The number of hydrogen-bond acceptors (Lipinski definition) is 3. The lowest BCUT2D eigenvalue weighted by Crippen LogP contribution is -2.48. The lowest BCUT2D eigenvalue weighted by molar-refractivity contribution is -0.127. The van der Waals surface area contributed by atoms with Gasteiger partial charge in [-0.25, -0.2) is 0 Å². The molecule has 2 N–H and O–H groups in total. The van der Waals surface area contributed by atoms with E-state index in [1.54, 1.807) is 0 Å². The van der Waals surface area contributed by atoms with Gasteiger partial charge in [-0.1, -0.05) is 38.2 Å². The normalized spacial score (nSPS) is 19.9. The predicted molar refractivity (Wildman–Crippen MR) is 83.7 cm³/mol. The maximum atomic E-state index is 12.3. The van der Waals surface area contributed by atoms with Crippen LogP contribution in [0.25, 0.3) is 0 Å². The Kier molecular flexibility index (Phi) is 6.45. The number of amides is 2. The van der Waals surface area contributed by atoms with Crippen LogP contribution in [0.4, 0.5) is 0 Å². The first-order valence-electron chi connectivity index (χ1n) is 8.35. The molecule has 0 heterocycles. The van der Waals surface area contributed by atoms with Crippen molar-refractivity contribution >= 4 is 11.8 Å². The molecule has 5 nitrogen and oxygen atoms in total. The Morgan fingerprint density at radius 1 is 1.27 bits per heavy atom. The highest BCUT2D eigenvalue weighted by atomic mass is 16.2. The van der Waals surface area contributed by atoms with Gasteiger partial charge < -0.3 is 10.6 Å². The lowest BCUT2D eigenvalue weighted by atomic mass is 9.84. The molecule has 0 saturated heterocycles. The van der Waals surface area contributed by atoms with E-state index in [1.807, 2.05) is 12.1 Å². The van der Waals surface area contributed by atoms with Crippen LogP contribution in [0.1, 0.15) is 57.8 Å². The number of nitrogens with zero attached hydrogens (tertiary/aromatic N) is 1. The Labute approximate surface area is 132 Å². The SMILES string of the molecule is N#CCNC(=O)[C@H](CC1CCCCC1)NC(=O)C1=CCCC1. The molecule has 0 aromatic carbocycles. The highest BCUT2D eigenvalue weighted by Crippen LogP contribution is 2.27. The highest BCUT2D eigenvalue weighted by molar-refractivity contribution is 5.97. The van der Waals surface area contributed by atoms with Crippen LogP contribution in [0.2, 0.25) is 0 Å². The first-order chi connectivity index (χ1) is 10.7. The number of allylic oxidation sites excluding steroid dienone is 1. The van der Waals surface area contributed by atoms with Gasteiger partial charge in [0.05, 0.1) is 6.07 Å². The molecule has 1 atom stereocenters. The number of rotatable bonds is 6. The zero-order chi connectivity index (χ0) is 15.8. The molecule has 22 heavy (non-hydrogen) atoms. The summed E-state index contributed by atoms with van der Waals surface area (Å²) in [4.78, 5) is 24.5. The molecular formula is C17H25N3O2. The molecule has 2 aliphatic rings. The molecule has 5 heteroatoms. The van der Waals surface area contributed by atoms with Crippen LogP contribution < -0.4 is 10.6 Å². The van der Waals surface area contributed by atoms with Gasteiger partial charge in [-0.3, -0.25) is 9.59 Å². The van der Waals surface area contributed by atoms with Crippen molar-refractivity contribution in [2.24, 2.45) is 5.92 Å². The van der Waals surface area contributed by atoms with Crippen molar-refractivity contribution in [3.63, 3.8) is 0 Å². The van der Waals surface area contributed by atoms with Gasteiger partial charge in [0, 0.05) is 5.57 Å². The highest BCUT2D eigenvalue weighted by Gasteiger charge is 2.27. The zero-order valence-corrected chi connectivity index (χ0v) is 13.1. The number of hydrogen-bond donors (Lipinski definition) is 2. The summed E-state index contributed by atoms with van der Waals surface area (Å²) >= 11 is 0. The van der Waals surface area contributed by atoms with Crippen LogP contribution in [-0.2, 0) is 9.59 Å². The minimum atomic E-state index is -0.523. The second kappa shape index (κ2) is 8.57. The van der Waals surface area contributed by atoms with Gasteiger partial charge in [0.1, 0.15) is 12.6 Å². The van der Waals surface area contributed by atoms with E-state index in [4.69, 9.17) is 5.26 Å². The number of carbonyl (C=O) groups excluding carboxylic acids is 2. The number of nitrogens with one attached hydrogen (secondary N) is 2. The molecule has 1 saturated carbocycles. The predicted octanol–water partition coefficient (Wildman–Crippen LogP) is 2.19. The van der Waals surface area contributed by atoms with Gasteiger partial charge in [-0.05, 0) is 31.6 Å². The standard InChI is InChI=1S/C17H25N3O2/c18-10-11-19-17(22)15(12-13-6-2-1-3-7-13)20-16(21)14-8-4-5-9-14/h8,13,15H,1-7,9,11-12H2,(H,19,22)(H,20,21)/t15-/m0/s1. The van der Waals surface area contributed by atoms with Gasteiger partial charge >= 0.3 is 0 Å². The molecule has 0 aliphatic heterocycles. The second-order valence-corrected chi connectivity index (χ2v) is 6.26. The fourth-order valence-corrected chi connectivity index (χ4v) is 3.37. The molecular weight excluding hydrogens is 278 g/mol. The zero-order valence-electron chi connectivity index (χ0n) is 13.1. The Balaban J connectivity index is 1.95. The molecule has 0 aromatic rings. The van der Waals surface area contributed by atoms with E-state index >= 15 is 0 Å². The van der Waals surface area contributed by atoms with E-state index in [0.717, 1.165) is 37.7 Å².